The predicted octanol–water partition coefficient (Wildman–Crippen LogP) is 3.96. The van der Waals surface area contributed by atoms with E-state index in [0.29, 0.717) is 5.91 Å². The molecule has 0 spiro atoms. The highest BCUT2D eigenvalue weighted by molar-refractivity contribution is 9.10. The number of fused-ring (bicyclic) bond motifs is 1. The van der Waals surface area contributed by atoms with Crippen LogP contribution >= 0.6 is 27.3 Å². The van der Waals surface area contributed by atoms with Crippen LogP contribution in [0.25, 0.3) is 0 Å². The van der Waals surface area contributed by atoms with Crippen molar-refractivity contribution in [3.05, 3.63) is 21.9 Å². The molecule has 6 rings (SSSR count). The molecule has 5 aliphatic rings. The Morgan fingerprint density at radius 1 is 1.32 bits per heavy atom. The summed E-state index contributed by atoms with van der Waals surface area (Å²) in [5.74, 6) is 1.88. The van der Waals surface area contributed by atoms with Gasteiger partial charge in [-0.25, -0.2) is 0 Å². The summed E-state index contributed by atoms with van der Waals surface area (Å²) < 4.78 is 0.261. The summed E-state index contributed by atoms with van der Waals surface area (Å²) in [6, 6.07) is 2.26. The Kier molecular flexibility index (Phi) is 4.07. The molecule has 3 nitrogen and oxygen atoms in total. The van der Waals surface area contributed by atoms with Crippen molar-refractivity contribution in [3.63, 3.8) is 0 Å². The number of alkyl halides is 1. The molecule has 2 atom stereocenters. The normalized spacial score (nSPS) is 39.4. The fraction of sp³-hybridized carbons (Fsp3) is 0.750. The Labute approximate surface area is 162 Å². The van der Waals surface area contributed by atoms with Gasteiger partial charge in [-0.15, -0.1) is 11.3 Å². The number of carbonyl (C=O) groups is 1. The number of thiophene rings is 1. The van der Waals surface area contributed by atoms with Gasteiger partial charge in [-0.05, 0) is 73.8 Å². The molecule has 1 aromatic heterocycles. The molecule has 25 heavy (non-hydrogen) atoms. The van der Waals surface area contributed by atoms with E-state index in [1.54, 1.807) is 4.88 Å². The van der Waals surface area contributed by atoms with E-state index in [1.165, 1.54) is 31.2 Å². The second kappa shape index (κ2) is 6.07. The third kappa shape index (κ3) is 3.00. The number of hydrogen-bond acceptors (Lipinski definition) is 3. The van der Waals surface area contributed by atoms with E-state index >= 15 is 0 Å². The maximum absolute atomic E-state index is 13.1. The summed E-state index contributed by atoms with van der Waals surface area (Å²) in [5, 5.41) is 5.53. The molecule has 4 fully saturated rings. The van der Waals surface area contributed by atoms with Gasteiger partial charge < -0.3 is 5.32 Å². The standard InChI is InChI=1S/C20H27BrN2OS/c21-20-10-14-7-15(11-20)9-19(8-14,13-20)18(24)22-3-5-23-4-1-17-16(12-23)2-6-25-17/h2,6,14-15H,1,3-5,7-13H2,(H,22,24). The second-order valence-electron chi connectivity index (χ2n) is 9.04. The van der Waals surface area contributed by atoms with Crippen molar-refractivity contribution in [1.82, 2.24) is 10.2 Å². The first-order chi connectivity index (χ1) is 12.0. The van der Waals surface area contributed by atoms with Gasteiger partial charge in [0.15, 0.2) is 0 Å². The van der Waals surface area contributed by atoms with Crippen LogP contribution in [0.2, 0.25) is 0 Å². The first-order valence-corrected chi connectivity index (χ1v) is 11.5. The Balaban J connectivity index is 1.18. The van der Waals surface area contributed by atoms with Gasteiger partial charge in [0.1, 0.15) is 0 Å². The van der Waals surface area contributed by atoms with E-state index in [0.717, 1.165) is 57.3 Å². The minimum absolute atomic E-state index is 0.0734. The number of amides is 1. The Morgan fingerprint density at radius 3 is 2.88 bits per heavy atom. The lowest BCUT2D eigenvalue weighted by Crippen LogP contribution is -2.58. The number of nitrogens with one attached hydrogen (secondary N) is 1. The maximum Gasteiger partial charge on any atom is 0.226 e. The van der Waals surface area contributed by atoms with Crippen molar-refractivity contribution < 1.29 is 4.79 Å². The van der Waals surface area contributed by atoms with Crippen LogP contribution in [-0.2, 0) is 17.8 Å². The SMILES string of the molecule is O=C(NCCN1CCc2sccc2C1)C12CC3CC(CC(Br)(C3)C1)C2. The maximum atomic E-state index is 13.1. The van der Waals surface area contributed by atoms with Crippen LogP contribution in [0.3, 0.4) is 0 Å². The van der Waals surface area contributed by atoms with Crippen molar-refractivity contribution in [2.75, 3.05) is 19.6 Å². The van der Waals surface area contributed by atoms with Crippen molar-refractivity contribution in [2.45, 2.75) is 55.8 Å². The van der Waals surface area contributed by atoms with Crippen molar-refractivity contribution in [1.29, 1.82) is 0 Å². The lowest BCUT2D eigenvalue weighted by molar-refractivity contribution is -0.144. The molecule has 1 aromatic rings. The van der Waals surface area contributed by atoms with E-state index in [-0.39, 0.29) is 9.74 Å². The van der Waals surface area contributed by atoms with Crippen LogP contribution in [-0.4, -0.2) is 34.8 Å². The summed E-state index contributed by atoms with van der Waals surface area (Å²) >= 11 is 5.90. The van der Waals surface area contributed by atoms with Gasteiger partial charge in [0.05, 0.1) is 5.41 Å². The zero-order valence-electron chi connectivity index (χ0n) is 14.7. The molecule has 1 N–H and O–H groups in total. The van der Waals surface area contributed by atoms with Gasteiger partial charge in [-0.2, -0.15) is 0 Å². The molecule has 136 valence electrons. The number of nitrogens with zero attached hydrogens (tertiary/aromatic N) is 1. The van der Waals surface area contributed by atoms with Crippen molar-refractivity contribution in [2.24, 2.45) is 17.3 Å². The Bertz CT molecular complexity index is 673. The first-order valence-electron chi connectivity index (χ1n) is 9.79. The van der Waals surface area contributed by atoms with Crippen LogP contribution in [0.15, 0.2) is 11.4 Å². The van der Waals surface area contributed by atoms with Gasteiger partial charge >= 0.3 is 0 Å². The topological polar surface area (TPSA) is 32.3 Å². The number of carbonyl (C=O) groups excluding carboxylic acids is 1. The highest BCUT2D eigenvalue weighted by Gasteiger charge is 2.59. The van der Waals surface area contributed by atoms with Crippen LogP contribution in [0, 0.1) is 17.3 Å². The van der Waals surface area contributed by atoms with E-state index in [9.17, 15) is 4.79 Å². The van der Waals surface area contributed by atoms with E-state index in [1.807, 2.05) is 11.3 Å². The molecule has 1 amide bonds. The van der Waals surface area contributed by atoms with Gasteiger partial charge in [-0.1, -0.05) is 15.9 Å². The Morgan fingerprint density at radius 2 is 2.12 bits per heavy atom. The van der Waals surface area contributed by atoms with E-state index in [4.69, 9.17) is 0 Å². The second-order valence-corrected chi connectivity index (χ2v) is 11.7. The largest absolute Gasteiger partial charge is 0.354 e. The molecule has 0 saturated heterocycles. The number of rotatable bonds is 4. The van der Waals surface area contributed by atoms with Crippen molar-refractivity contribution in [3.8, 4) is 0 Å². The summed E-state index contributed by atoms with van der Waals surface area (Å²) in [6.07, 6.45) is 8.42. The zero-order chi connectivity index (χ0) is 17.1. The van der Waals surface area contributed by atoms with Gasteiger partial charge in [-0.3, -0.25) is 9.69 Å². The lowest BCUT2D eigenvalue weighted by Gasteiger charge is -2.59. The van der Waals surface area contributed by atoms with Gasteiger partial charge in [0.25, 0.3) is 0 Å². The molecule has 0 radical (unpaired) electrons. The molecule has 4 aliphatic carbocycles. The average Bonchev–Trinajstić information content (AvgIpc) is 3.00. The molecular formula is C20H27BrN2OS. The molecule has 4 bridgehead atoms. The van der Waals surface area contributed by atoms with E-state index in [2.05, 4.69) is 37.6 Å². The van der Waals surface area contributed by atoms with Crippen LogP contribution in [0.4, 0.5) is 0 Å². The summed E-state index contributed by atoms with van der Waals surface area (Å²) in [5.41, 5.74) is 1.42. The molecule has 5 heteroatoms. The zero-order valence-corrected chi connectivity index (χ0v) is 17.1. The fourth-order valence-corrected chi connectivity index (χ4v) is 8.77. The van der Waals surface area contributed by atoms with E-state index < -0.39 is 0 Å². The van der Waals surface area contributed by atoms with Gasteiger partial charge in [0.2, 0.25) is 5.91 Å². The highest BCUT2D eigenvalue weighted by Crippen LogP contribution is 2.64. The van der Waals surface area contributed by atoms with Crippen LogP contribution in [0.1, 0.15) is 49.0 Å². The average molecular weight is 423 g/mol. The minimum Gasteiger partial charge on any atom is -0.354 e. The minimum atomic E-state index is -0.0734. The quantitative estimate of drug-likeness (QED) is 0.744. The lowest BCUT2D eigenvalue weighted by atomic mass is 9.49. The number of halogens is 1. The van der Waals surface area contributed by atoms with Crippen LogP contribution in [0.5, 0.6) is 0 Å². The van der Waals surface area contributed by atoms with Crippen molar-refractivity contribution >= 4 is 33.2 Å². The molecular weight excluding hydrogens is 396 g/mol. The molecule has 2 unspecified atom stereocenters. The summed E-state index contributed by atoms with van der Waals surface area (Å²) in [6.45, 7) is 3.95. The first kappa shape index (κ1) is 16.8. The van der Waals surface area contributed by atoms with Crippen LogP contribution < -0.4 is 5.32 Å². The third-order valence-electron chi connectivity index (χ3n) is 7.07. The molecule has 2 heterocycles. The van der Waals surface area contributed by atoms with Gasteiger partial charge in [0, 0.05) is 35.4 Å². The smallest absolute Gasteiger partial charge is 0.226 e. The molecule has 0 aromatic carbocycles. The third-order valence-corrected chi connectivity index (χ3v) is 9.02. The predicted molar refractivity (Wildman–Crippen MR) is 105 cm³/mol. The summed E-state index contributed by atoms with van der Waals surface area (Å²) in [4.78, 5) is 17.1. The fourth-order valence-electron chi connectivity index (χ4n) is 6.43. The summed E-state index contributed by atoms with van der Waals surface area (Å²) in [7, 11) is 0. The molecule has 1 aliphatic heterocycles. The highest BCUT2D eigenvalue weighted by atomic mass is 79.9. The monoisotopic (exact) mass is 422 g/mol. The Hall–Kier alpha value is -0.390. The molecule has 4 saturated carbocycles. The number of hydrogen-bond donors (Lipinski definition) is 1.